The van der Waals surface area contributed by atoms with Gasteiger partial charge in [-0.3, -0.25) is 4.79 Å². The van der Waals surface area contributed by atoms with Gasteiger partial charge < -0.3 is 15.4 Å². The van der Waals surface area contributed by atoms with E-state index in [0.717, 1.165) is 24.8 Å². The number of hydrogen-bond acceptors (Lipinski definition) is 3. The van der Waals surface area contributed by atoms with Crippen LogP contribution in [-0.4, -0.2) is 31.7 Å². The normalized spacial score (nSPS) is 21.4. The molecule has 5 nitrogen and oxygen atoms in total. The molecule has 0 atom stereocenters. The molecular weight excluding hydrogens is 304 g/mol. The van der Waals surface area contributed by atoms with E-state index in [0.29, 0.717) is 12.5 Å². The Morgan fingerprint density at radius 2 is 1.75 bits per heavy atom. The van der Waals surface area contributed by atoms with Gasteiger partial charge in [0.1, 0.15) is 6.61 Å². The Kier molecular flexibility index (Phi) is 8.57. The molecule has 0 bridgehead atoms. The highest BCUT2D eigenvalue weighted by Crippen LogP contribution is 2.32. The van der Waals surface area contributed by atoms with Crippen molar-refractivity contribution in [3.05, 3.63) is 0 Å². The van der Waals surface area contributed by atoms with Gasteiger partial charge in [0, 0.05) is 6.54 Å². The number of amides is 2. The zero-order chi connectivity index (χ0) is 18.2. The van der Waals surface area contributed by atoms with Crippen molar-refractivity contribution in [1.29, 1.82) is 0 Å². The molecule has 0 heterocycles. The summed E-state index contributed by atoms with van der Waals surface area (Å²) in [6.07, 6.45) is 5.68. The Hall–Kier alpha value is -1.26. The molecule has 1 aliphatic rings. The Morgan fingerprint density at radius 3 is 2.29 bits per heavy atom. The number of carbonyl (C=O) groups is 2. The lowest BCUT2D eigenvalue weighted by atomic mass is 9.77. The molecule has 140 valence electrons. The van der Waals surface area contributed by atoms with Gasteiger partial charge in [-0.25, -0.2) is 4.79 Å². The summed E-state index contributed by atoms with van der Waals surface area (Å²) in [5, 5.41) is 5.68. The molecule has 24 heavy (non-hydrogen) atoms. The first-order valence-electron chi connectivity index (χ1n) is 9.45. The molecule has 1 fully saturated rings. The van der Waals surface area contributed by atoms with Crippen molar-refractivity contribution in [3.63, 3.8) is 0 Å². The van der Waals surface area contributed by atoms with E-state index in [2.05, 4.69) is 24.5 Å². The van der Waals surface area contributed by atoms with Crippen LogP contribution in [0.4, 0.5) is 4.79 Å². The third kappa shape index (κ3) is 7.10. The van der Waals surface area contributed by atoms with E-state index < -0.39 is 5.41 Å². The van der Waals surface area contributed by atoms with Crippen LogP contribution in [0.5, 0.6) is 0 Å². The van der Waals surface area contributed by atoms with Gasteiger partial charge in [0.25, 0.3) is 0 Å². The second-order valence-electron chi connectivity index (χ2n) is 8.03. The third-order valence-corrected chi connectivity index (χ3v) is 5.44. The van der Waals surface area contributed by atoms with Crippen LogP contribution in [0.1, 0.15) is 66.7 Å². The van der Waals surface area contributed by atoms with Crippen LogP contribution < -0.4 is 10.6 Å². The summed E-state index contributed by atoms with van der Waals surface area (Å²) in [4.78, 5) is 23.6. The molecule has 2 N–H and O–H groups in total. The van der Waals surface area contributed by atoms with Gasteiger partial charge in [0.05, 0.1) is 12.0 Å². The Labute approximate surface area is 147 Å². The molecule has 1 saturated carbocycles. The first-order valence-corrected chi connectivity index (χ1v) is 9.45. The number of ether oxygens (including phenoxy) is 1. The largest absolute Gasteiger partial charge is 0.463 e. The predicted molar refractivity (Wildman–Crippen MR) is 96.7 cm³/mol. The lowest BCUT2D eigenvalue weighted by Gasteiger charge is -2.30. The number of nitrogens with one attached hydrogen (secondary N) is 2. The number of rotatable bonds is 8. The first kappa shape index (κ1) is 20.8. The Balaban J connectivity index is 2.10. The van der Waals surface area contributed by atoms with Crippen molar-refractivity contribution in [2.24, 2.45) is 23.2 Å². The summed E-state index contributed by atoms with van der Waals surface area (Å²) < 4.78 is 5.20. The smallest absolute Gasteiger partial charge is 0.314 e. The molecule has 0 aliphatic heterocycles. The number of esters is 1. The molecule has 0 aromatic rings. The van der Waals surface area contributed by atoms with Crippen LogP contribution in [0.2, 0.25) is 0 Å². The molecule has 1 rings (SSSR count). The third-order valence-electron chi connectivity index (χ3n) is 5.44. The van der Waals surface area contributed by atoms with Gasteiger partial charge >= 0.3 is 12.0 Å². The second-order valence-corrected chi connectivity index (χ2v) is 8.03. The zero-order valence-corrected chi connectivity index (χ0v) is 16.1. The minimum atomic E-state index is -0.461. The van der Waals surface area contributed by atoms with Gasteiger partial charge in [0.2, 0.25) is 0 Å². The molecule has 5 heteroatoms. The average Bonchev–Trinajstić information content (AvgIpc) is 2.56. The van der Waals surface area contributed by atoms with E-state index in [9.17, 15) is 9.59 Å². The fourth-order valence-corrected chi connectivity index (χ4v) is 3.01. The zero-order valence-electron chi connectivity index (χ0n) is 16.1. The standard InChI is InChI=1S/C19H36N2O3/c1-6-19(4,5)17(22)24-12-11-20-18(23)21-13-15-7-9-16(10-8-15)14(2)3/h14-16H,6-13H2,1-5H3,(H2,20,21,23). The van der Waals surface area contributed by atoms with Gasteiger partial charge in [-0.05, 0) is 63.7 Å². The molecule has 0 radical (unpaired) electrons. The van der Waals surface area contributed by atoms with Crippen molar-refractivity contribution in [1.82, 2.24) is 10.6 Å². The molecule has 0 saturated heterocycles. The fourth-order valence-electron chi connectivity index (χ4n) is 3.01. The van der Waals surface area contributed by atoms with Crippen molar-refractivity contribution in [3.8, 4) is 0 Å². The molecule has 0 aromatic carbocycles. The lowest BCUT2D eigenvalue weighted by molar-refractivity contribution is -0.153. The van der Waals surface area contributed by atoms with Crippen LogP contribution in [0.15, 0.2) is 0 Å². The van der Waals surface area contributed by atoms with Crippen molar-refractivity contribution >= 4 is 12.0 Å². The molecule has 2 amide bonds. The summed E-state index contributed by atoms with van der Waals surface area (Å²) >= 11 is 0. The van der Waals surface area contributed by atoms with Crippen LogP contribution in [0.25, 0.3) is 0 Å². The number of carbonyl (C=O) groups excluding carboxylic acids is 2. The maximum atomic E-state index is 11.8. The monoisotopic (exact) mass is 340 g/mol. The highest BCUT2D eigenvalue weighted by atomic mass is 16.5. The van der Waals surface area contributed by atoms with E-state index in [1.165, 1.54) is 25.7 Å². The van der Waals surface area contributed by atoms with Crippen LogP contribution in [0, 0.1) is 23.2 Å². The van der Waals surface area contributed by atoms with Crippen molar-refractivity contribution in [2.75, 3.05) is 19.7 Å². The van der Waals surface area contributed by atoms with Gasteiger partial charge in [-0.1, -0.05) is 20.8 Å². The molecule has 0 aromatic heterocycles. The maximum absolute atomic E-state index is 11.8. The average molecular weight is 341 g/mol. The SMILES string of the molecule is CCC(C)(C)C(=O)OCCNC(=O)NCC1CCC(C(C)C)CC1. The molecule has 1 aliphatic carbocycles. The minimum Gasteiger partial charge on any atom is -0.463 e. The quantitative estimate of drug-likeness (QED) is 0.522. The van der Waals surface area contributed by atoms with Crippen LogP contribution in [-0.2, 0) is 9.53 Å². The first-order chi connectivity index (χ1) is 11.3. The maximum Gasteiger partial charge on any atom is 0.314 e. The molecule has 0 spiro atoms. The summed E-state index contributed by atoms with van der Waals surface area (Å²) in [6.45, 7) is 11.6. The minimum absolute atomic E-state index is 0.174. The second kappa shape index (κ2) is 9.90. The summed E-state index contributed by atoms with van der Waals surface area (Å²) in [5.74, 6) is 1.99. The topological polar surface area (TPSA) is 67.4 Å². The van der Waals surface area contributed by atoms with E-state index in [1.807, 2.05) is 20.8 Å². The number of hydrogen-bond donors (Lipinski definition) is 2. The van der Waals surface area contributed by atoms with Crippen LogP contribution >= 0.6 is 0 Å². The summed E-state index contributed by atoms with van der Waals surface area (Å²) in [7, 11) is 0. The number of urea groups is 1. The highest BCUT2D eigenvalue weighted by Gasteiger charge is 2.27. The molecular formula is C19H36N2O3. The van der Waals surface area contributed by atoms with Gasteiger partial charge in [0.15, 0.2) is 0 Å². The summed E-state index contributed by atoms with van der Waals surface area (Å²) in [5.41, 5.74) is -0.461. The summed E-state index contributed by atoms with van der Waals surface area (Å²) in [6, 6.07) is -0.174. The van der Waals surface area contributed by atoms with Gasteiger partial charge in [-0.2, -0.15) is 0 Å². The van der Waals surface area contributed by atoms with Crippen molar-refractivity contribution in [2.45, 2.75) is 66.7 Å². The fraction of sp³-hybridized carbons (Fsp3) is 0.895. The van der Waals surface area contributed by atoms with Gasteiger partial charge in [-0.15, -0.1) is 0 Å². The Bertz CT molecular complexity index is 399. The lowest BCUT2D eigenvalue weighted by Crippen LogP contribution is -2.40. The van der Waals surface area contributed by atoms with E-state index in [-0.39, 0.29) is 18.6 Å². The van der Waals surface area contributed by atoms with E-state index in [4.69, 9.17) is 4.74 Å². The Morgan fingerprint density at radius 1 is 1.12 bits per heavy atom. The van der Waals surface area contributed by atoms with Crippen molar-refractivity contribution < 1.29 is 14.3 Å². The predicted octanol–water partition coefficient (Wildman–Crippen LogP) is 3.73. The van der Waals surface area contributed by atoms with Crippen LogP contribution in [0.3, 0.4) is 0 Å². The van der Waals surface area contributed by atoms with E-state index in [1.54, 1.807) is 0 Å². The van der Waals surface area contributed by atoms with E-state index >= 15 is 0 Å². The highest BCUT2D eigenvalue weighted by molar-refractivity contribution is 5.76. The molecule has 0 unspecified atom stereocenters.